The minimum Gasteiger partial charge on any atom is -0.338 e. The maximum Gasteiger partial charge on any atom is 0.227 e. The number of nitrogens with one attached hydrogen (secondary N) is 1. The number of amides is 1. The Morgan fingerprint density at radius 3 is 2.82 bits per heavy atom. The highest BCUT2D eigenvalue weighted by molar-refractivity contribution is 5.90. The summed E-state index contributed by atoms with van der Waals surface area (Å²) in [5.41, 5.74) is 1.13. The normalized spacial score (nSPS) is 17.5. The lowest BCUT2D eigenvalue weighted by Crippen LogP contribution is -2.41. The Labute approximate surface area is 138 Å². The van der Waals surface area contributed by atoms with Crippen LogP contribution in [-0.2, 0) is 11.2 Å². The van der Waals surface area contributed by atoms with Crippen molar-refractivity contribution in [3.63, 3.8) is 0 Å². The first-order valence-corrected chi connectivity index (χ1v) is 7.70. The maximum absolute atomic E-state index is 12.6. The first kappa shape index (κ1) is 16.8. The van der Waals surface area contributed by atoms with Crippen LogP contribution in [-0.4, -0.2) is 37.0 Å². The first-order valence-electron chi connectivity index (χ1n) is 7.70. The number of hydrogen-bond donors (Lipinski definition) is 1. The predicted octanol–water partition coefficient (Wildman–Crippen LogP) is 3.01. The van der Waals surface area contributed by atoms with Gasteiger partial charge in [0.15, 0.2) is 0 Å². The van der Waals surface area contributed by atoms with E-state index in [0.29, 0.717) is 12.5 Å². The van der Waals surface area contributed by atoms with Crippen LogP contribution >= 0.6 is 12.4 Å². The van der Waals surface area contributed by atoms with E-state index in [2.05, 4.69) is 34.5 Å². The number of likely N-dealkylation sites (N-methyl/N-ethyl adjacent to an activating group) is 1. The highest BCUT2D eigenvalue weighted by atomic mass is 35.5. The summed E-state index contributed by atoms with van der Waals surface area (Å²) in [5, 5.41) is 5.59. The topological polar surface area (TPSA) is 32.3 Å². The number of rotatable bonds is 4. The zero-order valence-corrected chi connectivity index (χ0v) is 13.7. The molecular weight excluding hydrogens is 296 g/mol. The molecule has 0 radical (unpaired) electrons. The fourth-order valence-corrected chi connectivity index (χ4v) is 3.32. The summed E-state index contributed by atoms with van der Waals surface area (Å²) in [4.78, 5) is 14.7. The lowest BCUT2D eigenvalue weighted by Gasteiger charge is -2.24. The number of carbonyl (C=O) groups excluding carboxylic acids is 1. The van der Waals surface area contributed by atoms with E-state index in [1.54, 1.807) is 0 Å². The van der Waals surface area contributed by atoms with Crippen LogP contribution in [0, 0.1) is 0 Å². The van der Waals surface area contributed by atoms with Crippen LogP contribution in [0.15, 0.2) is 42.5 Å². The molecule has 0 saturated carbocycles. The van der Waals surface area contributed by atoms with Gasteiger partial charge >= 0.3 is 0 Å². The fourth-order valence-electron chi connectivity index (χ4n) is 3.32. The highest BCUT2D eigenvalue weighted by Gasteiger charge is 2.28. The van der Waals surface area contributed by atoms with Crippen molar-refractivity contribution >= 4 is 29.1 Å². The predicted molar refractivity (Wildman–Crippen MR) is 93.6 cm³/mol. The summed E-state index contributed by atoms with van der Waals surface area (Å²) in [7, 11) is 1.95. The Hall–Kier alpha value is -1.58. The zero-order chi connectivity index (χ0) is 14.7. The smallest absolute Gasteiger partial charge is 0.227 e. The Morgan fingerprint density at radius 1 is 1.23 bits per heavy atom. The lowest BCUT2D eigenvalue weighted by molar-refractivity contribution is -0.131. The number of fused-ring (bicyclic) bond motifs is 1. The molecule has 3 nitrogen and oxygen atoms in total. The monoisotopic (exact) mass is 318 g/mol. The van der Waals surface area contributed by atoms with Crippen molar-refractivity contribution in [1.82, 2.24) is 10.2 Å². The van der Waals surface area contributed by atoms with Gasteiger partial charge in [-0.2, -0.15) is 0 Å². The third-order valence-electron chi connectivity index (χ3n) is 4.36. The molecule has 1 saturated heterocycles. The molecule has 0 aromatic heterocycles. The molecule has 1 fully saturated rings. The number of hydrogen-bond acceptors (Lipinski definition) is 2. The van der Waals surface area contributed by atoms with Gasteiger partial charge in [0.05, 0.1) is 6.42 Å². The Kier molecular flexibility index (Phi) is 5.81. The van der Waals surface area contributed by atoms with Crippen molar-refractivity contribution in [2.75, 3.05) is 20.1 Å². The largest absolute Gasteiger partial charge is 0.338 e. The molecule has 1 unspecified atom stereocenters. The number of nitrogens with zero attached hydrogens (tertiary/aromatic N) is 1. The quantitative estimate of drug-likeness (QED) is 0.940. The molecule has 0 spiro atoms. The van der Waals surface area contributed by atoms with E-state index in [9.17, 15) is 4.79 Å². The molecule has 1 aliphatic heterocycles. The second-order valence-corrected chi connectivity index (χ2v) is 5.76. The molecule has 118 valence electrons. The third-order valence-corrected chi connectivity index (χ3v) is 4.36. The van der Waals surface area contributed by atoms with Crippen LogP contribution in [0.5, 0.6) is 0 Å². The summed E-state index contributed by atoms with van der Waals surface area (Å²) < 4.78 is 0. The van der Waals surface area contributed by atoms with Crippen molar-refractivity contribution in [3.8, 4) is 0 Å². The molecule has 2 aromatic carbocycles. The SMILES string of the molecule is CNCC1CCCN1C(=O)Cc1cccc2ccccc12.Cl. The van der Waals surface area contributed by atoms with Gasteiger partial charge in [-0.05, 0) is 36.2 Å². The number of benzene rings is 2. The second-order valence-electron chi connectivity index (χ2n) is 5.76. The molecule has 22 heavy (non-hydrogen) atoms. The van der Waals surface area contributed by atoms with E-state index in [1.807, 2.05) is 25.2 Å². The number of halogens is 1. The lowest BCUT2D eigenvalue weighted by atomic mass is 10.0. The van der Waals surface area contributed by atoms with E-state index >= 15 is 0 Å². The van der Waals surface area contributed by atoms with Crippen molar-refractivity contribution in [2.24, 2.45) is 0 Å². The van der Waals surface area contributed by atoms with Gasteiger partial charge in [0, 0.05) is 19.1 Å². The molecule has 1 aliphatic rings. The van der Waals surface area contributed by atoms with Gasteiger partial charge < -0.3 is 10.2 Å². The molecule has 1 heterocycles. The highest BCUT2D eigenvalue weighted by Crippen LogP contribution is 2.22. The van der Waals surface area contributed by atoms with Gasteiger partial charge in [0.2, 0.25) is 5.91 Å². The fraction of sp³-hybridized carbons (Fsp3) is 0.389. The van der Waals surface area contributed by atoms with Crippen LogP contribution < -0.4 is 5.32 Å². The first-order chi connectivity index (χ1) is 10.3. The Morgan fingerprint density at radius 2 is 2.00 bits per heavy atom. The molecule has 2 aromatic rings. The van der Waals surface area contributed by atoms with E-state index in [-0.39, 0.29) is 18.3 Å². The molecule has 0 aliphatic carbocycles. The van der Waals surface area contributed by atoms with Crippen molar-refractivity contribution in [2.45, 2.75) is 25.3 Å². The Balaban J connectivity index is 0.00000176. The molecule has 1 atom stereocenters. The molecular formula is C18H23ClN2O. The van der Waals surface area contributed by atoms with Gasteiger partial charge in [-0.1, -0.05) is 42.5 Å². The summed E-state index contributed by atoms with van der Waals surface area (Å²) in [6.07, 6.45) is 2.73. The van der Waals surface area contributed by atoms with E-state index in [0.717, 1.165) is 31.5 Å². The maximum atomic E-state index is 12.6. The average Bonchev–Trinajstić information content (AvgIpc) is 2.96. The van der Waals surface area contributed by atoms with Crippen LogP contribution in [0.25, 0.3) is 10.8 Å². The minimum absolute atomic E-state index is 0. The van der Waals surface area contributed by atoms with Crippen molar-refractivity contribution in [1.29, 1.82) is 0 Å². The number of carbonyl (C=O) groups is 1. The average molecular weight is 319 g/mol. The van der Waals surface area contributed by atoms with Crippen molar-refractivity contribution < 1.29 is 4.79 Å². The summed E-state index contributed by atoms with van der Waals surface area (Å²) in [6, 6.07) is 14.9. The second kappa shape index (κ2) is 7.61. The molecule has 1 amide bonds. The van der Waals surface area contributed by atoms with E-state index in [1.165, 1.54) is 10.8 Å². The third kappa shape index (κ3) is 3.42. The van der Waals surface area contributed by atoms with Crippen LogP contribution in [0.4, 0.5) is 0 Å². The molecule has 4 heteroatoms. The van der Waals surface area contributed by atoms with E-state index in [4.69, 9.17) is 0 Å². The van der Waals surface area contributed by atoms with Crippen LogP contribution in [0.3, 0.4) is 0 Å². The minimum atomic E-state index is 0. The summed E-state index contributed by atoms with van der Waals surface area (Å²) >= 11 is 0. The Bertz CT molecular complexity index is 639. The van der Waals surface area contributed by atoms with Gasteiger partial charge in [-0.3, -0.25) is 4.79 Å². The van der Waals surface area contributed by atoms with Gasteiger partial charge in [0.1, 0.15) is 0 Å². The number of likely N-dealkylation sites (tertiary alicyclic amines) is 1. The van der Waals surface area contributed by atoms with Crippen LogP contribution in [0.2, 0.25) is 0 Å². The molecule has 0 bridgehead atoms. The summed E-state index contributed by atoms with van der Waals surface area (Å²) in [5.74, 6) is 0.254. The van der Waals surface area contributed by atoms with Crippen LogP contribution in [0.1, 0.15) is 18.4 Å². The standard InChI is InChI=1S/C18H22N2O.ClH/c1-19-13-16-9-5-11-20(16)18(21)12-15-8-4-7-14-6-2-3-10-17(14)15;/h2-4,6-8,10,16,19H,5,9,11-13H2,1H3;1H. The molecule has 1 N–H and O–H groups in total. The van der Waals surface area contributed by atoms with E-state index < -0.39 is 0 Å². The molecule has 3 rings (SSSR count). The summed E-state index contributed by atoms with van der Waals surface area (Å²) in [6.45, 7) is 1.79. The van der Waals surface area contributed by atoms with Gasteiger partial charge in [-0.25, -0.2) is 0 Å². The van der Waals surface area contributed by atoms with Gasteiger partial charge in [0.25, 0.3) is 0 Å². The zero-order valence-electron chi connectivity index (χ0n) is 12.9. The van der Waals surface area contributed by atoms with Gasteiger partial charge in [-0.15, -0.1) is 12.4 Å². The van der Waals surface area contributed by atoms with Crippen molar-refractivity contribution in [3.05, 3.63) is 48.0 Å².